The van der Waals surface area contributed by atoms with Gasteiger partial charge >= 0.3 is 12.0 Å². The lowest BCUT2D eigenvalue weighted by Crippen LogP contribution is -2.17. The van der Waals surface area contributed by atoms with E-state index < -0.39 is 23.5 Å². The molecule has 0 spiro atoms. The summed E-state index contributed by atoms with van der Waals surface area (Å²) in [5.41, 5.74) is -0.0297. The summed E-state index contributed by atoms with van der Waals surface area (Å²) in [6, 6.07) is 9.31. The smallest absolute Gasteiger partial charge is 0.504 e. The molecule has 0 radical (unpaired) electrons. The van der Waals surface area contributed by atoms with E-state index in [-0.39, 0.29) is 23.3 Å². The number of rotatable bonds is 3. The van der Waals surface area contributed by atoms with Gasteiger partial charge in [0.2, 0.25) is 5.75 Å². The second kappa shape index (κ2) is 6.04. The fourth-order valence-electron chi connectivity index (χ4n) is 2.35. The van der Waals surface area contributed by atoms with E-state index in [2.05, 4.69) is 4.74 Å². The van der Waals surface area contributed by atoms with Crippen molar-refractivity contribution in [2.45, 2.75) is 12.8 Å². The zero-order valence-corrected chi connectivity index (χ0v) is 12.5. The molecule has 3 aromatic rings. The molecule has 5 nitrogen and oxygen atoms in total. The molecule has 0 saturated heterocycles. The van der Waals surface area contributed by atoms with Crippen LogP contribution in [0.15, 0.2) is 51.7 Å². The molecule has 2 N–H and O–H groups in total. The summed E-state index contributed by atoms with van der Waals surface area (Å²) in [6.07, 6.45) is -4.65. The molecule has 0 atom stereocenters. The number of phenolic OH excluding ortho intramolecular Hbond substituents is 2. The van der Waals surface area contributed by atoms with Gasteiger partial charge in [0.05, 0.1) is 0 Å². The van der Waals surface area contributed by atoms with Crippen molar-refractivity contribution in [2.24, 2.45) is 0 Å². The molecule has 2 aromatic carbocycles. The lowest BCUT2D eigenvalue weighted by Gasteiger charge is -2.09. The lowest BCUT2D eigenvalue weighted by molar-refractivity contribution is -0.274. The normalized spacial score (nSPS) is 11.6. The van der Waals surface area contributed by atoms with Crippen molar-refractivity contribution < 1.29 is 32.5 Å². The molecule has 0 bridgehead atoms. The van der Waals surface area contributed by atoms with E-state index >= 15 is 0 Å². The third-order valence-corrected chi connectivity index (χ3v) is 3.48. The number of benzene rings is 2. The van der Waals surface area contributed by atoms with Gasteiger partial charge in [0.1, 0.15) is 5.75 Å². The molecule has 1 aromatic heterocycles. The van der Waals surface area contributed by atoms with E-state index in [9.17, 15) is 28.2 Å². The average molecular weight is 352 g/mol. The summed E-state index contributed by atoms with van der Waals surface area (Å²) >= 11 is 0. The molecule has 0 amide bonds. The molecule has 0 aliphatic heterocycles. The Hall–Kier alpha value is -3.16. The van der Waals surface area contributed by atoms with Gasteiger partial charge in [-0.25, -0.2) is 4.79 Å². The monoisotopic (exact) mass is 352 g/mol. The molecule has 25 heavy (non-hydrogen) atoms. The van der Waals surface area contributed by atoms with E-state index in [1.807, 2.05) is 0 Å². The van der Waals surface area contributed by atoms with Crippen LogP contribution in [0.3, 0.4) is 0 Å². The number of alkyl halides is 3. The van der Waals surface area contributed by atoms with Crippen LogP contribution in [0.4, 0.5) is 13.2 Å². The molecule has 3 rings (SSSR count). The van der Waals surface area contributed by atoms with Crippen molar-refractivity contribution in [3.05, 3.63) is 64.0 Å². The van der Waals surface area contributed by atoms with Gasteiger partial charge in [-0.3, -0.25) is 0 Å². The Kier molecular flexibility index (Phi) is 4.03. The predicted octanol–water partition coefficient (Wildman–Crippen LogP) is 3.69. The number of hydrogen-bond donors (Lipinski definition) is 2. The van der Waals surface area contributed by atoms with Crippen LogP contribution in [0.1, 0.15) is 11.1 Å². The summed E-state index contributed by atoms with van der Waals surface area (Å²) < 4.78 is 45.2. The summed E-state index contributed by atoms with van der Waals surface area (Å²) in [6.45, 7) is 0. The standard InChI is InChI=1S/C17H11F3O5/c18-17(19,20)25-12-4-1-9(2-5-12)7-11-8-10-3-6-13(21)14(22)15(10)24-16(11)23/h1-6,8,21-22H,7H2. The molecule has 0 unspecified atom stereocenters. The number of ether oxygens (including phenoxy) is 1. The molecular weight excluding hydrogens is 341 g/mol. The van der Waals surface area contributed by atoms with E-state index in [0.29, 0.717) is 10.9 Å². The van der Waals surface area contributed by atoms with Crippen LogP contribution >= 0.6 is 0 Å². The quantitative estimate of drug-likeness (QED) is 0.555. The predicted molar refractivity (Wildman–Crippen MR) is 81.7 cm³/mol. The zero-order chi connectivity index (χ0) is 18.2. The van der Waals surface area contributed by atoms with E-state index in [1.165, 1.54) is 30.3 Å². The maximum Gasteiger partial charge on any atom is 0.573 e. The van der Waals surface area contributed by atoms with Crippen LogP contribution in [0.25, 0.3) is 11.0 Å². The van der Waals surface area contributed by atoms with Gasteiger partial charge in [0.15, 0.2) is 11.3 Å². The number of halogens is 3. The van der Waals surface area contributed by atoms with Crippen LogP contribution in [-0.2, 0) is 6.42 Å². The molecular formula is C17H11F3O5. The Labute approximate surface area is 138 Å². The second-order valence-electron chi connectivity index (χ2n) is 5.28. The van der Waals surface area contributed by atoms with E-state index in [0.717, 1.165) is 12.1 Å². The van der Waals surface area contributed by atoms with Gasteiger partial charge in [-0.2, -0.15) is 0 Å². The zero-order valence-electron chi connectivity index (χ0n) is 12.5. The third kappa shape index (κ3) is 3.68. The van der Waals surface area contributed by atoms with Crippen LogP contribution in [0, 0.1) is 0 Å². The first-order valence-corrected chi connectivity index (χ1v) is 7.05. The van der Waals surface area contributed by atoms with Crippen LogP contribution in [0.5, 0.6) is 17.2 Å². The minimum absolute atomic E-state index is 0.117. The Bertz CT molecular complexity index is 974. The Morgan fingerprint density at radius 1 is 1.04 bits per heavy atom. The highest BCUT2D eigenvalue weighted by Crippen LogP contribution is 2.33. The van der Waals surface area contributed by atoms with Crippen LogP contribution in [-0.4, -0.2) is 16.6 Å². The van der Waals surface area contributed by atoms with Crippen molar-refractivity contribution in [2.75, 3.05) is 0 Å². The molecule has 0 aliphatic rings. The van der Waals surface area contributed by atoms with Crippen molar-refractivity contribution in [1.82, 2.24) is 0 Å². The maximum absolute atomic E-state index is 12.1. The highest BCUT2D eigenvalue weighted by molar-refractivity contribution is 5.85. The van der Waals surface area contributed by atoms with E-state index in [4.69, 9.17) is 4.42 Å². The molecule has 8 heteroatoms. The van der Waals surface area contributed by atoms with Gasteiger partial charge in [0.25, 0.3) is 0 Å². The minimum atomic E-state index is -4.77. The van der Waals surface area contributed by atoms with Gasteiger partial charge in [-0.1, -0.05) is 12.1 Å². The second-order valence-corrected chi connectivity index (χ2v) is 5.28. The van der Waals surface area contributed by atoms with Crippen LogP contribution in [0.2, 0.25) is 0 Å². The number of aromatic hydroxyl groups is 2. The fourth-order valence-corrected chi connectivity index (χ4v) is 2.35. The van der Waals surface area contributed by atoms with Crippen molar-refractivity contribution in [1.29, 1.82) is 0 Å². The maximum atomic E-state index is 12.1. The summed E-state index contributed by atoms with van der Waals surface area (Å²) in [4.78, 5) is 12.0. The first-order chi connectivity index (χ1) is 11.7. The summed E-state index contributed by atoms with van der Waals surface area (Å²) in [5, 5.41) is 19.5. The molecule has 0 aliphatic carbocycles. The molecule has 130 valence electrons. The average Bonchev–Trinajstić information content (AvgIpc) is 2.53. The third-order valence-electron chi connectivity index (χ3n) is 3.48. The highest BCUT2D eigenvalue weighted by Gasteiger charge is 2.30. The van der Waals surface area contributed by atoms with Gasteiger partial charge < -0.3 is 19.4 Å². The largest absolute Gasteiger partial charge is 0.573 e. The first kappa shape index (κ1) is 16.7. The number of phenols is 2. The van der Waals surface area contributed by atoms with Gasteiger partial charge in [0, 0.05) is 17.4 Å². The van der Waals surface area contributed by atoms with Gasteiger partial charge in [-0.05, 0) is 35.9 Å². The summed E-state index contributed by atoms with van der Waals surface area (Å²) in [5.74, 6) is -1.30. The Morgan fingerprint density at radius 2 is 1.72 bits per heavy atom. The SMILES string of the molecule is O=c1oc2c(O)c(O)ccc2cc1Cc1ccc(OC(F)(F)F)cc1. The number of hydrogen-bond acceptors (Lipinski definition) is 5. The molecule has 0 fully saturated rings. The summed E-state index contributed by atoms with van der Waals surface area (Å²) in [7, 11) is 0. The van der Waals surface area contributed by atoms with Gasteiger partial charge in [-0.15, -0.1) is 13.2 Å². The van der Waals surface area contributed by atoms with Crippen molar-refractivity contribution >= 4 is 11.0 Å². The van der Waals surface area contributed by atoms with Crippen LogP contribution < -0.4 is 10.4 Å². The molecule has 0 saturated carbocycles. The minimum Gasteiger partial charge on any atom is -0.504 e. The fraction of sp³-hybridized carbons (Fsp3) is 0.118. The van der Waals surface area contributed by atoms with Crippen molar-refractivity contribution in [3.63, 3.8) is 0 Å². The topological polar surface area (TPSA) is 79.9 Å². The first-order valence-electron chi connectivity index (χ1n) is 7.05. The van der Waals surface area contributed by atoms with E-state index in [1.54, 1.807) is 0 Å². The lowest BCUT2D eigenvalue weighted by atomic mass is 10.0. The Balaban J connectivity index is 1.89. The highest BCUT2D eigenvalue weighted by atomic mass is 19.4. The van der Waals surface area contributed by atoms with Crippen molar-refractivity contribution in [3.8, 4) is 17.2 Å². The Morgan fingerprint density at radius 3 is 2.36 bits per heavy atom. The molecule has 1 heterocycles. The number of fused-ring (bicyclic) bond motifs is 1.